The molecule has 0 aliphatic rings. The van der Waals surface area contributed by atoms with Crippen molar-refractivity contribution in [2.45, 2.75) is 6.54 Å². The van der Waals surface area contributed by atoms with E-state index in [9.17, 15) is 0 Å². The summed E-state index contributed by atoms with van der Waals surface area (Å²) in [5.74, 6) is 0. The van der Waals surface area contributed by atoms with Gasteiger partial charge in [-0.3, -0.25) is 4.98 Å². The third kappa shape index (κ3) is 3.26. The lowest BCUT2D eigenvalue weighted by Gasteiger charge is -2.06. The fourth-order valence-corrected chi connectivity index (χ4v) is 2.90. The van der Waals surface area contributed by atoms with E-state index in [-0.39, 0.29) is 0 Å². The molecule has 0 aliphatic heterocycles. The minimum atomic E-state index is 0.543. The fraction of sp³-hybridized carbons (Fsp3) is 0.0588. The van der Waals surface area contributed by atoms with Crippen LogP contribution in [0.5, 0.6) is 0 Å². The first-order valence-electron chi connectivity index (χ1n) is 7.48. The van der Waals surface area contributed by atoms with Crippen LogP contribution in [-0.2, 0) is 6.54 Å². The molecule has 3 heterocycles. The van der Waals surface area contributed by atoms with Gasteiger partial charge in [-0.25, -0.2) is 4.98 Å². The van der Waals surface area contributed by atoms with E-state index in [0.717, 1.165) is 28.2 Å². The van der Waals surface area contributed by atoms with Gasteiger partial charge in [0.05, 0.1) is 34.8 Å². The van der Waals surface area contributed by atoms with Gasteiger partial charge in [-0.2, -0.15) is 15.4 Å². The Bertz CT molecular complexity index is 1010. The van der Waals surface area contributed by atoms with Crippen molar-refractivity contribution in [3.63, 3.8) is 0 Å². The Kier molecular flexibility index (Phi) is 4.21. The van der Waals surface area contributed by atoms with E-state index in [1.54, 1.807) is 24.8 Å². The van der Waals surface area contributed by atoms with Crippen LogP contribution >= 0.6 is 23.2 Å². The average molecular weight is 371 g/mol. The SMILES string of the molecule is Clc1cccc(Cn2cnc(-c3cc(-c4cn[nH]n4)ccn3)c2)c1Cl. The van der Waals surface area contributed by atoms with Crippen LogP contribution in [0.15, 0.2) is 55.2 Å². The minimum absolute atomic E-state index is 0.543. The lowest BCUT2D eigenvalue weighted by molar-refractivity contribution is 0.798. The van der Waals surface area contributed by atoms with Crippen LogP contribution in [0.1, 0.15) is 5.56 Å². The van der Waals surface area contributed by atoms with Crippen LogP contribution in [0, 0.1) is 0 Å². The maximum absolute atomic E-state index is 6.25. The molecule has 0 bridgehead atoms. The molecule has 6 nitrogen and oxygen atoms in total. The molecule has 0 amide bonds. The topological polar surface area (TPSA) is 72.3 Å². The highest BCUT2D eigenvalue weighted by molar-refractivity contribution is 6.42. The second-order valence-corrected chi connectivity index (χ2v) is 6.21. The standard InChI is InChI=1S/C17H12Cl2N6/c18-13-3-1-2-12(17(13)19)8-25-9-16(21-10-25)14-6-11(4-5-20-14)15-7-22-24-23-15/h1-7,9-10H,8H2,(H,22,23,24). The Labute approximate surface area is 153 Å². The van der Waals surface area contributed by atoms with E-state index < -0.39 is 0 Å². The summed E-state index contributed by atoms with van der Waals surface area (Å²) in [6.45, 7) is 0.579. The van der Waals surface area contributed by atoms with Gasteiger partial charge in [-0.05, 0) is 23.8 Å². The minimum Gasteiger partial charge on any atom is -0.332 e. The zero-order chi connectivity index (χ0) is 17.2. The maximum Gasteiger partial charge on any atom is 0.112 e. The van der Waals surface area contributed by atoms with E-state index in [1.807, 2.05) is 35.0 Å². The summed E-state index contributed by atoms with van der Waals surface area (Å²) in [5.41, 5.74) is 4.14. The van der Waals surface area contributed by atoms with Gasteiger partial charge in [0, 0.05) is 18.0 Å². The first-order chi connectivity index (χ1) is 12.2. The van der Waals surface area contributed by atoms with Crippen LogP contribution in [0.3, 0.4) is 0 Å². The molecule has 0 aliphatic carbocycles. The van der Waals surface area contributed by atoms with Gasteiger partial charge < -0.3 is 4.57 Å². The number of aromatic amines is 1. The van der Waals surface area contributed by atoms with Crippen molar-refractivity contribution in [2.24, 2.45) is 0 Å². The fourth-order valence-electron chi connectivity index (χ4n) is 2.52. The molecule has 0 spiro atoms. The summed E-state index contributed by atoms with van der Waals surface area (Å²) in [7, 11) is 0. The molecule has 0 unspecified atom stereocenters. The predicted octanol–water partition coefficient (Wildman–Crippen LogP) is 4.09. The molecule has 124 valence electrons. The molecule has 4 aromatic rings. The summed E-state index contributed by atoms with van der Waals surface area (Å²) < 4.78 is 1.94. The number of hydrogen-bond donors (Lipinski definition) is 1. The summed E-state index contributed by atoms with van der Waals surface area (Å²) >= 11 is 12.3. The van der Waals surface area contributed by atoms with Crippen LogP contribution in [-0.4, -0.2) is 29.9 Å². The first kappa shape index (κ1) is 15.8. The number of benzene rings is 1. The van der Waals surface area contributed by atoms with Crippen molar-refractivity contribution < 1.29 is 0 Å². The van der Waals surface area contributed by atoms with Gasteiger partial charge in [0.25, 0.3) is 0 Å². The highest BCUT2D eigenvalue weighted by Crippen LogP contribution is 2.27. The Morgan fingerprint density at radius 3 is 2.80 bits per heavy atom. The Balaban J connectivity index is 1.61. The molecule has 0 saturated heterocycles. The summed E-state index contributed by atoms with van der Waals surface area (Å²) in [6, 6.07) is 9.40. The van der Waals surface area contributed by atoms with E-state index in [0.29, 0.717) is 16.6 Å². The molecule has 0 saturated carbocycles. The first-order valence-corrected chi connectivity index (χ1v) is 8.23. The average Bonchev–Trinajstić information content (AvgIpc) is 3.31. The summed E-state index contributed by atoms with van der Waals surface area (Å²) in [6.07, 6.45) is 7.06. The van der Waals surface area contributed by atoms with Gasteiger partial charge in [0.1, 0.15) is 11.4 Å². The third-order valence-electron chi connectivity index (χ3n) is 3.75. The van der Waals surface area contributed by atoms with Crippen molar-refractivity contribution in [3.05, 3.63) is 70.9 Å². The van der Waals surface area contributed by atoms with Gasteiger partial charge in [0.15, 0.2) is 0 Å². The van der Waals surface area contributed by atoms with Gasteiger partial charge in [-0.1, -0.05) is 35.3 Å². The molecular weight excluding hydrogens is 359 g/mol. The molecule has 25 heavy (non-hydrogen) atoms. The molecule has 0 radical (unpaired) electrons. The van der Waals surface area contributed by atoms with Crippen molar-refractivity contribution >= 4 is 23.2 Å². The van der Waals surface area contributed by atoms with E-state index >= 15 is 0 Å². The van der Waals surface area contributed by atoms with Crippen molar-refractivity contribution in [1.29, 1.82) is 0 Å². The van der Waals surface area contributed by atoms with Crippen LogP contribution in [0.2, 0.25) is 10.0 Å². The van der Waals surface area contributed by atoms with E-state index in [1.165, 1.54) is 0 Å². The molecule has 0 fully saturated rings. The highest BCUT2D eigenvalue weighted by Gasteiger charge is 2.09. The van der Waals surface area contributed by atoms with Crippen molar-refractivity contribution in [2.75, 3.05) is 0 Å². The molecule has 3 aromatic heterocycles. The summed E-state index contributed by atoms with van der Waals surface area (Å²) in [4.78, 5) is 8.83. The smallest absolute Gasteiger partial charge is 0.112 e. The van der Waals surface area contributed by atoms with Crippen molar-refractivity contribution in [3.8, 4) is 22.6 Å². The normalized spacial score (nSPS) is 11.0. The lowest BCUT2D eigenvalue weighted by atomic mass is 10.1. The largest absolute Gasteiger partial charge is 0.332 e. The summed E-state index contributed by atoms with van der Waals surface area (Å²) in [5, 5.41) is 11.6. The molecular formula is C17H12Cl2N6. The zero-order valence-corrected chi connectivity index (χ0v) is 14.4. The quantitative estimate of drug-likeness (QED) is 0.587. The molecule has 0 atom stereocenters. The second kappa shape index (κ2) is 6.66. The van der Waals surface area contributed by atoms with Crippen molar-refractivity contribution in [1.82, 2.24) is 29.9 Å². The zero-order valence-electron chi connectivity index (χ0n) is 12.9. The number of imidazole rings is 1. The number of pyridine rings is 1. The Morgan fingerprint density at radius 1 is 1.04 bits per heavy atom. The number of rotatable bonds is 4. The molecule has 4 rings (SSSR count). The highest BCUT2D eigenvalue weighted by atomic mass is 35.5. The molecule has 1 aromatic carbocycles. The van der Waals surface area contributed by atoms with Gasteiger partial charge in [-0.15, -0.1) is 0 Å². The predicted molar refractivity (Wildman–Crippen MR) is 96.4 cm³/mol. The number of nitrogens with zero attached hydrogens (tertiary/aromatic N) is 5. The van der Waals surface area contributed by atoms with Gasteiger partial charge >= 0.3 is 0 Å². The van der Waals surface area contributed by atoms with E-state index in [4.69, 9.17) is 23.2 Å². The number of aromatic nitrogens is 6. The maximum atomic E-state index is 6.25. The van der Waals surface area contributed by atoms with Gasteiger partial charge in [0.2, 0.25) is 0 Å². The number of nitrogens with one attached hydrogen (secondary N) is 1. The molecule has 8 heteroatoms. The number of H-pyrrole nitrogens is 1. The van der Waals surface area contributed by atoms with Crippen LogP contribution < -0.4 is 0 Å². The third-order valence-corrected chi connectivity index (χ3v) is 4.61. The lowest BCUT2D eigenvalue weighted by Crippen LogP contribution is -1.97. The monoisotopic (exact) mass is 370 g/mol. The number of halogens is 2. The Morgan fingerprint density at radius 2 is 1.96 bits per heavy atom. The van der Waals surface area contributed by atoms with Crippen LogP contribution in [0.4, 0.5) is 0 Å². The van der Waals surface area contributed by atoms with E-state index in [2.05, 4.69) is 25.4 Å². The Hall–Kier alpha value is -2.70. The number of hydrogen-bond acceptors (Lipinski definition) is 4. The molecule has 1 N–H and O–H groups in total. The second-order valence-electron chi connectivity index (χ2n) is 5.43. The van der Waals surface area contributed by atoms with Crippen LogP contribution in [0.25, 0.3) is 22.6 Å².